The van der Waals surface area contributed by atoms with E-state index in [1.54, 1.807) is 30.3 Å². The number of hydrogen-bond donors (Lipinski definition) is 1. The largest absolute Gasteiger partial charge is 0.479 e. The summed E-state index contributed by atoms with van der Waals surface area (Å²) in [6.07, 6.45) is 1.34. The van der Waals surface area contributed by atoms with Crippen molar-refractivity contribution in [3.8, 4) is 11.8 Å². The minimum Gasteiger partial charge on any atom is -0.479 e. The number of nitriles is 1. The highest BCUT2D eigenvalue weighted by Gasteiger charge is 2.28. The van der Waals surface area contributed by atoms with E-state index in [1.165, 1.54) is 48.7 Å². The van der Waals surface area contributed by atoms with Crippen molar-refractivity contribution in [1.29, 1.82) is 5.26 Å². The molecule has 0 aliphatic heterocycles. The Labute approximate surface area is 201 Å². The molecule has 0 heterocycles. The molecule has 178 valence electrons. The maximum absolute atomic E-state index is 13.3. The van der Waals surface area contributed by atoms with Crippen LogP contribution in [-0.2, 0) is 14.8 Å². The van der Waals surface area contributed by atoms with Gasteiger partial charge < -0.3 is 4.74 Å². The fourth-order valence-corrected chi connectivity index (χ4v) is 4.34. The molecule has 35 heavy (non-hydrogen) atoms. The number of hydrazone groups is 1. The van der Waals surface area contributed by atoms with Crippen LogP contribution >= 0.6 is 0 Å². The molecular formula is C23H19N5O6S. The predicted octanol–water partition coefficient (Wildman–Crippen LogP) is 2.84. The van der Waals surface area contributed by atoms with Gasteiger partial charge in [-0.05, 0) is 48.0 Å². The summed E-state index contributed by atoms with van der Waals surface area (Å²) in [4.78, 5) is 23.0. The summed E-state index contributed by atoms with van der Waals surface area (Å²) in [6, 6.07) is 20.8. The zero-order valence-electron chi connectivity index (χ0n) is 18.1. The van der Waals surface area contributed by atoms with E-state index in [2.05, 4.69) is 10.5 Å². The Morgan fingerprint density at radius 1 is 1.11 bits per heavy atom. The van der Waals surface area contributed by atoms with Crippen molar-refractivity contribution in [3.05, 3.63) is 94.5 Å². The van der Waals surface area contributed by atoms with Crippen LogP contribution in [0.1, 0.15) is 5.56 Å². The normalized spacial score (nSPS) is 10.9. The van der Waals surface area contributed by atoms with E-state index in [9.17, 15) is 23.3 Å². The van der Waals surface area contributed by atoms with Crippen molar-refractivity contribution in [2.45, 2.75) is 4.90 Å². The highest BCUT2D eigenvalue weighted by molar-refractivity contribution is 7.92. The van der Waals surface area contributed by atoms with Gasteiger partial charge in [-0.15, -0.1) is 0 Å². The highest BCUT2D eigenvalue weighted by Crippen LogP contribution is 2.26. The van der Waals surface area contributed by atoms with Gasteiger partial charge in [0.15, 0.2) is 6.61 Å². The molecule has 1 amide bonds. The van der Waals surface area contributed by atoms with Gasteiger partial charge in [0.1, 0.15) is 18.4 Å². The summed E-state index contributed by atoms with van der Waals surface area (Å²) in [6.45, 7) is -0.757. The molecule has 0 bridgehead atoms. The molecule has 0 aliphatic carbocycles. The van der Waals surface area contributed by atoms with Gasteiger partial charge in [0, 0.05) is 12.1 Å². The number of amides is 1. The van der Waals surface area contributed by atoms with Gasteiger partial charge in [-0.3, -0.25) is 19.2 Å². The van der Waals surface area contributed by atoms with Gasteiger partial charge in [-0.2, -0.15) is 10.4 Å². The number of hydrogen-bond acceptors (Lipinski definition) is 8. The lowest BCUT2D eigenvalue weighted by molar-refractivity contribution is -0.384. The molecular weight excluding hydrogens is 474 g/mol. The first-order chi connectivity index (χ1) is 16.8. The average Bonchev–Trinajstić information content (AvgIpc) is 2.87. The Kier molecular flexibility index (Phi) is 8.10. The number of nitrogens with zero attached hydrogens (tertiary/aromatic N) is 4. The number of non-ortho nitro benzene ring substituents is 1. The van der Waals surface area contributed by atoms with Crippen molar-refractivity contribution < 1.29 is 22.9 Å². The molecule has 0 atom stereocenters. The molecule has 3 aromatic rings. The van der Waals surface area contributed by atoms with Crippen molar-refractivity contribution in [1.82, 2.24) is 5.43 Å². The molecule has 0 radical (unpaired) electrons. The number of nitro benzene ring substituents is 1. The molecule has 11 nitrogen and oxygen atoms in total. The van der Waals surface area contributed by atoms with Gasteiger partial charge in [-0.25, -0.2) is 13.8 Å². The number of carbonyl (C=O) groups is 1. The molecule has 3 aromatic carbocycles. The lowest BCUT2D eigenvalue weighted by atomic mass is 10.2. The Balaban J connectivity index is 1.79. The molecule has 0 aliphatic rings. The van der Waals surface area contributed by atoms with Crippen LogP contribution in [0.5, 0.6) is 5.75 Å². The van der Waals surface area contributed by atoms with Gasteiger partial charge in [0.2, 0.25) is 0 Å². The second-order valence-corrected chi connectivity index (χ2v) is 8.77. The van der Waals surface area contributed by atoms with Crippen LogP contribution in [0.15, 0.2) is 88.9 Å². The maximum atomic E-state index is 13.3. The molecule has 0 saturated heterocycles. The van der Waals surface area contributed by atoms with E-state index in [1.807, 2.05) is 6.07 Å². The first-order valence-electron chi connectivity index (χ1n) is 10.1. The third-order valence-corrected chi connectivity index (χ3v) is 6.32. The van der Waals surface area contributed by atoms with E-state index < -0.39 is 27.4 Å². The SMILES string of the molecule is N#CCOc1ccc(/C=N\NC(=O)CN(c2cccc([N+](=O)[O-])c2)S(=O)(=O)c2ccccc2)cc1. The lowest BCUT2D eigenvalue weighted by Crippen LogP contribution is -2.39. The minimum absolute atomic E-state index is 0.0462. The van der Waals surface area contributed by atoms with E-state index in [-0.39, 0.29) is 22.9 Å². The Morgan fingerprint density at radius 2 is 1.83 bits per heavy atom. The van der Waals surface area contributed by atoms with Crippen molar-refractivity contribution in [3.63, 3.8) is 0 Å². The first kappa shape index (κ1) is 24.9. The van der Waals surface area contributed by atoms with E-state index in [0.717, 1.165) is 10.4 Å². The topological polar surface area (TPSA) is 155 Å². The quantitative estimate of drug-likeness (QED) is 0.259. The van der Waals surface area contributed by atoms with Crippen LogP contribution in [0.3, 0.4) is 0 Å². The molecule has 12 heteroatoms. The summed E-state index contributed by atoms with van der Waals surface area (Å²) in [5.41, 5.74) is 2.50. The Bertz CT molecular complexity index is 1370. The van der Waals surface area contributed by atoms with Gasteiger partial charge in [0.25, 0.3) is 21.6 Å². The number of sulfonamides is 1. The van der Waals surface area contributed by atoms with Gasteiger partial charge in [-0.1, -0.05) is 24.3 Å². The summed E-state index contributed by atoms with van der Waals surface area (Å²) >= 11 is 0. The van der Waals surface area contributed by atoms with E-state index in [0.29, 0.717) is 11.3 Å². The fourth-order valence-electron chi connectivity index (χ4n) is 2.91. The van der Waals surface area contributed by atoms with Crippen LogP contribution < -0.4 is 14.5 Å². The number of nitrogens with one attached hydrogen (secondary N) is 1. The standard InChI is InChI=1S/C23H19N5O6S/c24-13-14-34-21-11-9-18(10-12-21)16-25-26-23(29)17-27(19-5-4-6-20(15-19)28(30)31)35(32,33)22-7-2-1-3-8-22/h1-12,15-16H,14,17H2,(H,26,29)/b25-16-. The molecule has 0 unspecified atom stereocenters. The molecule has 0 saturated carbocycles. The summed E-state index contributed by atoms with van der Waals surface area (Å²) in [5, 5.41) is 23.5. The van der Waals surface area contributed by atoms with Crippen LogP contribution in [0.4, 0.5) is 11.4 Å². The third kappa shape index (κ3) is 6.62. The number of benzene rings is 3. The van der Waals surface area contributed by atoms with E-state index in [4.69, 9.17) is 10.00 Å². The van der Waals surface area contributed by atoms with Crippen LogP contribution in [0.25, 0.3) is 0 Å². The molecule has 3 rings (SSSR count). The molecule has 0 spiro atoms. The molecule has 0 fully saturated rings. The summed E-state index contributed by atoms with van der Waals surface area (Å²) < 4.78 is 32.4. The predicted molar refractivity (Wildman–Crippen MR) is 127 cm³/mol. The zero-order valence-corrected chi connectivity index (χ0v) is 19.0. The number of ether oxygens (including phenoxy) is 1. The summed E-state index contributed by atoms with van der Waals surface area (Å²) in [7, 11) is -4.22. The summed E-state index contributed by atoms with van der Waals surface area (Å²) in [5.74, 6) is -0.271. The first-order valence-corrected chi connectivity index (χ1v) is 11.5. The third-order valence-electron chi connectivity index (χ3n) is 4.53. The average molecular weight is 494 g/mol. The maximum Gasteiger partial charge on any atom is 0.271 e. The van der Waals surface area contributed by atoms with Crippen LogP contribution in [-0.4, -0.2) is 38.6 Å². The number of rotatable bonds is 10. The smallest absolute Gasteiger partial charge is 0.271 e. The van der Waals surface area contributed by atoms with Crippen LogP contribution in [0.2, 0.25) is 0 Å². The Morgan fingerprint density at radius 3 is 2.49 bits per heavy atom. The van der Waals surface area contributed by atoms with Gasteiger partial charge in [0.05, 0.1) is 21.7 Å². The number of anilines is 1. The van der Waals surface area contributed by atoms with Crippen molar-refractivity contribution in [2.24, 2.45) is 5.10 Å². The zero-order chi connectivity index (χ0) is 25.3. The minimum atomic E-state index is -4.22. The monoisotopic (exact) mass is 493 g/mol. The van der Waals surface area contributed by atoms with E-state index >= 15 is 0 Å². The fraction of sp³-hybridized carbons (Fsp3) is 0.0870. The second kappa shape index (κ2) is 11.4. The number of nitro groups is 1. The van der Waals surface area contributed by atoms with Crippen molar-refractivity contribution >= 4 is 33.5 Å². The molecule has 1 N–H and O–H groups in total. The van der Waals surface area contributed by atoms with Crippen LogP contribution in [0, 0.1) is 21.4 Å². The van der Waals surface area contributed by atoms with Crippen molar-refractivity contribution in [2.75, 3.05) is 17.5 Å². The molecule has 0 aromatic heterocycles. The lowest BCUT2D eigenvalue weighted by Gasteiger charge is -2.23. The number of carbonyl (C=O) groups excluding carboxylic acids is 1. The highest BCUT2D eigenvalue weighted by atomic mass is 32.2. The Hall–Kier alpha value is -4.76. The van der Waals surface area contributed by atoms with Gasteiger partial charge >= 0.3 is 0 Å². The second-order valence-electron chi connectivity index (χ2n) is 6.91.